The van der Waals surface area contributed by atoms with E-state index in [1.807, 2.05) is 0 Å². The standard InChI is InChI=1S/C19H33N3O3S/c1-12-16(18(2,3)4)15-8-13(21-26(23,24)14-10-25-11-14)9-22(15)17(20-12)19(5,6)7/h12-14,21H,8-11H2,1-7H3/t12-,13?/m0/s1. The fourth-order valence-corrected chi connectivity index (χ4v) is 5.59. The molecule has 2 saturated heterocycles. The molecule has 1 unspecified atom stereocenters. The molecule has 0 aromatic rings. The van der Waals surface area contributed by atoms with Crippen LogP contribution in [0.15, 0.2) is 16.3 Å². The molecule has 6 nitrogen and oxygen atoms in total. The molecule has 0 bridgehead atoms. The molecule has 0 aromatic carbocycles. The van der Waals surface area contributed by atoms with E-state index < -0.39 is 15.3 Å². The molecule has 148 valence electrons. The molecule has 3 heterocycles. The van der Waals surface area contributed by atoms with Gasteiger partial charge in [0.2, 0.25) is 10.0 Å². The van der Waals surface area contributed by atoms with Crippen LogP contribution in [0.1, 0.15) is 54.9 Å². The van der Waals surface area contributed by atoms with Crippen molar-refractivity contribution in [3.05, 3.63) is 11.3 Å². The summed E-state index contributed by atoms with van der Waals surface area (Å²) >= 11 is 0. The first-order valence-corrected chi connectivity index (χ1v) is 11.0. The Morgan fingerprint density at radius 2 is 1.73 bits per heavy atom. The Labute approximate surface area is 158 Å². The number of nitrogens with zero attached hydrogens (tertiary/aromatic N) is 2. The predicted molar refractivity (Wildman–Crippen MR) is 105 cm³/mol. The summed E-state index contributed by atoms with van der Waals surface area (Å²) < 4.78 is 33.1. The van der Waals surface area contributed by atoms with Crippen LogP contribution in [0, 0.1) is 10.8 Å². The zero-order valence-corrected chi connectivity index (χ0v) is 17.9. The molecule has 3 aliphatic heterocycles. The van der Waals surface area contributed by atoms with Gasteiger partial charge in [0.05, 0.1) is 19.3 Å². The highest BCUT2D eigenvalue weighted by molar-refractivity contribution is 7.90. The number of aliphatic imine (C=N–C) groups is 1. The Balaban J connectivity index is 1.93. The molecule has 26 heavy (non-hydrogen) atoms. The number of fused-ring (bicyclic) bond motifs is 1. The molecule has 0 spiro atoms. The third-order valence-corrected chi connectivity index (χ3v) is 7.14. The molecule has 0 amide bonds. The molecule has 0 radical (unpaired) electrons. The average molecular weight is 384 g/mol. The van der Waals surface area contributed by atoms with E-state index in [4.69, 9.17) is 9.73 Å². The topological polar surface area (TPSA) is 71.0 Å². The molecular weight excluding hydrogens is 350 g/mol. The molecule has 1 N–H and O–H groups in total. The lowest BCUT2D eigenvalue weighted by molar-refractivity contribution is 0.0410. The molecule has 2 fully saturated rings. The first-order chi connectivity index (χ1) is 11.8. The summed E-state index contributed by atoms with van der Waals surface area (Å²) in [6.07, 6.45) is 0.721. The summed E-state index contributed by atoms with van der Waals surface area (Å²) in [7, 11) is -3.33. The summed E-state index contributed by atoms with van der Waals surface area (Å²) in [4.78, 5) is 7.29. The van der Waals surface area contributed by atoms with Crippen molar-refractivity contribution in [2.45, 2.75) is 72.2 Å². The maximum atomic E-state index is 12.5. The summed E-state index contributed by atoms with van der Waals surface area (Å²) in [5.41, 5.74) is 2.48. The van der Waals surface area contributed by atoms with Crippen molar-refractivity contribution in [2.24, 2.45) is 15.8 Å². The van der Waals surface area contributed by atoms with Gasteiger partial charge < -0.3 is 9.64 Å². The molecule has 2 atom stereocenters. The van der Waals surface area contributed by atoms with E-state index in [9.17, 15) is 8.42 Å². The Hall–Kier alpha value is -0.920. The summed E-state index contributed by atoms with van der Waals surface area (Å²) in [6.45, 7) is 16.5. The van der Waals surface area contributed by atoms with Crippen LogP contribution in [0.3, 0.4) is 0 Å². The van der Waals surface area contributed by atoms with Crippen molar-refractivity contribution in [1.29, 1.82) is 0 Å². The normalized spacial score (nSPS) is 28.1. The summed E-state index contributed by atoms with van der Waals surface area (Å²) in [5, 5.41) is -0.411. The highest BCUT2D eigenvalue weighted by atomic mass is 32.2. The average Bonchev–Trinajstić information content (AvgIpc) is 2.73. The second kappa shape index (κ2) is 6.31. The van der Waals surface area contributed by atoms with Crippen LogP contribution in [-0.4, -0.2) is 56.2 Å². The van der Waals surface area contributed by atoms with E-state index in [0.717, 1.165) is 12.3 Å². The Kier molecular flexibility index (Phi) is 4.81. The van der Waals surface area contributed by atoms with Gasteiger partial charge in [-0.2, -0.15) is 0 Å². The number of hydrogen-bond acceptors (Lipinski definition) is 5. The Morgan fingerprint density at radius 3 is 2.19 bits per heavy atom. The molecule has 0 aliphatic carbocycles. The molecule has 3 aliphatic rings. The fourth-order valence-electron chi connectivity index (χ4n) is 4.23. The van der Waals surface area contributed by atoms with Crippen molar-refractivity contribution in [3.63, 3.8) is 0 Å². The van der Waals surface area contributed by atoms with Gasteiger partial charge in [0.15, 0.2) is 0 Å². The second-order valence-corrected chi connectivity index (χ2v) is 11.8. The lowest BCUT2D eigenvalue weighted by Gasteiger charge is -2.41. The lowest BCUT2D eigenvalue weighted by atomic mass is 9.79. The molecular formula is C19H33N3O3S. The van der Waals surface area contributed by atoms with Crippen molar-refractivity contribution in [3.8, 4) is 0 Å². The van der Waals surface area contributed by atoms with E-state index in [2.05, 4.69) is 58.1 Å². The van der Waals surface area contributed by atoms with Crippen LogP contribution >= 0.6 is 0 Å². The van der Waals surface area contributed by atoms with Gasteiger partial charge in [-0.3, -0.25) is 4.99 Å². The lowest BCUT2D eigenvalue weighted by Crippen LogP contribution is -2.50. The number of nitrogens with one attached hydrogen (secondary N) is 1. The Morgan fingerprint density at radius 1 is 1.12 bits per heavy atom. The van der Waals surface area contributed by atoms with Crippen molar-refractivity contribution >= 4 is 15.9 Å². The summed E-state index contributed by atoms with van der Waals surface area (Å²) in [5.74, 6) is 1.06. The first-order valence-electron chi connectivity index (χ1n) is 9.49. The monoisotopic (exact) mass is 383 g/mol. The van der Waals surface area contributed by atoms with Crippen LogP contribution in [0.4, 0.5) is 0 Å². The van der Waals surface area contributed by atoms with Gasteiger partial charge >= 0.3 is 0 Å². The molecule has 3 rings (SSSR count). The van der Waals surface area contributed by atoms with Gasteiger partial charge in [-0.1, -0.05) is 41.5 Å². The maximum Gasteiger partial charge on any atom is 0.219 e. The second-order valence-electron chi connectivity index (χ2n) is 9.82. The first kappa shape index (κ1) is 19.8. The quantitative estimate of drug-likeness (QED) is 0.813. The van der Waals surface area contributed by atoms with Crippen LogP contribution in [0.5, 0.6) is 0 Å². The van der Waals surface area contributed by atoms with Gasteiger partial charge in [0.25, 0.3) is 0 Å². The van der Waals surface area contributed by atoms with Gasteiger partial charge in [-0.05, 0) is 17.9 Å². The number of ether oxygens (including phenoxy) is 1. The number of sulfonamides is 1. The number of rotatable bonds is 3. The molecule has 0 aromatic heterocycles. The fraction of sp³-hybridized carbons (Fsp3) is 0.842. The van der Waals surface area contributed by atoms with Crippen LogP contribution in [0.2, 0.25) is 0 Å². The minimum Gasteiger partial charge on any atom is -0.378 e. The Bertz CT molecular complexity index is 737. The number of amidine groups is 1. The minimum atomic E-state index is -3.33. The van der Waals surface area contributed by atoms with E-state index in [-0.39, 0.29) is 22.9 Å². The van der Waals surface area contributed by atoms with E-state index >= 15 is 0 Å². The van der Waals surface area contributed by atoms with Gasteiger partial charge in [0, 0.05) is 30.1 Å². The van der Waals surface area contributed by atoms with Crippen LogP contribution in [-0.2, 0) is 14.8 Å². The zero-order valence-electron chi connectivity index (χ0n) is 17.1. The predicted octanol–water partition coefficient (Wildman–Crippen LogP) is 2.53. The maximum absolute atomic E-state index is 12.5. The van der Waals surface area contributed by atoms with Crippen molar-refractivity contribution in [1.82, 2.24) is 9.62 Å². The van der Waals surface area contributed by atoms with Gasteiger partial charge in [-0.25, -0.2) is 13.1 Å². The SMILES string of the molecule is C[C@@H]1N=C(C(C)(C)C)N2CC(NS(=O)(=O)C3COC3)CC2=C1C(C)(C)C. The third kappa shape index (κ3) is 3.58. The van der Waals surface area contributed by atoms with Gasteiger partial charge in [0.1, 0.15) is 11.1 Å². The highest BCUT2D eigenvalue weighted by Gasteiger charge is 2.44. The van der Waals surface area contributed by atoms with Crippen molar-refractivity contribution < 1.29 is 13.2 Å². The van der Waals surface area contributed by atoms with Crippen LogP contribution < -0.4 is 4.72 Å². The number of hydrogen-bond donors (Lipinski definition) is 1. The third-order valence-electron chi connectivity index (χ3n) is 5.32. The highest BCUT2D eigenvalue weighted by Crippen LogP contribution is 2.43. The smallest absolute Gasteiger partial charge is 0.219 e. The summed E-state index contributed by atoms with van der Waals surface area (Å²) in [6, 6.07) is -0.00309. The van der Waals surface area contributed by atoms with E-state index in [1.165, 1.54) is 11.3 Å². The molecule has 0 saturated carbocycles. The van der Waals surface area contributed by atoms with Crippen LogP contribution in [0.25, 0.3) is 0 Å². The zero-order chi connectivity index (χ0) is 19.5. The van der Waals surface area contributed by atoms with E-state index in [1.54, 1.807) is 0 Å². The molecule has 7 heteroatoms. The van der Waals surface area contributed by atoms with E-state index in [0.29, 0.717) is 19.8 Å². The van der Waals surface area contributed by atoms with Gasteiger partial charge in [-0.15, -0.1) is 0 Å². The largest absolute Gasteiger partial charge is 0.378 e. The minimum absolute atomic E-state index is 0.00447. The van der Waals surface area contributed by atoms with Crippen molar-refractivity contribution in [2.75, 3.05) is 19.8 Å².